The van der Waals surface area contributed by atoms with Crippen LogP contribution in [0.3, 0.4) is 0 Å². The van der Waals surface area contributed by atoms with Crippen LogP contribution in [0.15, 0.2) is 4.52 Å². The van der Waals surface area contributed by atoms with E-state index in [2.05, 4.69) is 15.5 Å². The van der Waals surface area contributed by atoms with E-state index in [1.807, 2.05) is 0 Å². The summed E-state index contributed by atoms with van der Waals surface area (Å²) >= 11 is 0. The van der Waals surface area contributed by atoms with E-state index in [4.69, 9.17) is 4.52 Å². The molecule has 0 saturated heterocycles. The molecular formula is C10H13F2N3O2. The van der Waals surface area contributed by atoms with Crippen LogP contribution in [0, 0.1) is 12.8 Å². The SMILES string of the molecule is Cc1noc(CNC(=O)[C@H]2CCC(F)(F)C2)n1. The van der Waals surface area contributed by atoms with Crippen molar-refractivity contribution < 1.29 is 18.1 Å². The highest BCUT2D eigenvalue weighted by molar-refractivity contribution is 5.78. The molecule has 1 aliphatic rings. The first kappa shape index (κ1) is 11.9. The Labute approximate surface area is 96.6 Å². The molecule has 2 rings (SSSR count). The topological polar surface area (TPSA) is 68.0 Å². The molecule has 1 saturated carbocycles. The van der Waals surface area contributed by atoms with Crippen LogP contribution < -0.4 is 5.32 Å². The van der Waals surface area contributed by atoms with Crippen molar-refractivity contribution in [3.8, 4) is 0 Å². The van der Waals surface area contributed by atoms with Gasteiger partial charge in [-0.15, -0.1) is 0 Å². The average Bonchev–Trinajstić information content (AvgIpc) is 2.81. The highest BCUT2D eigenvalue weighted by Gasteiger charge is 2.42. The minimum Gasteiger partial charge on any atom is -0.347 e. The highest BCUT2D eigenvalue weighted by atomic mass is 19.3. The van der Waals surface area contributed by atoms with Gasteiger partial charge in [0.1, 0.15) is 0 Å². The summed E-state index contributed by atoms with van der Waals surface area (Å²) in [5.74, 6) is -2.95. The Morgan fingerprint density at radius 2 is 2.41 bits per heavy atom. The van der Waals surface area contributed by atoms with E-state index >= 15 is 0 Å². The lowest BCUT2D eigenvalue weighted by Gasteiger charge is -2.09. The second kappa shape index (κ2) is 4.38. The van der Waals surface area contributed by atoms with Crippen LogP contribution in [0.5, 0.6) is 0 Å². The minimum absolute atomic E-state index is 0.0851. The Morgan fingerprint density at radius 3 is 2.94 bits per heavy atom. The fourth-order valence-corrected chi connectivity index (χ4v) is 1.89. The number of nitrogens with one attached hydrogen (secondary N) is 1. The van der Waals surface area contributed by atoms with Crippen molar-refractivity contribution in [1.82, 2.24) is 15.5 Å². The summed E-state index contributed by atoms with van der Waals surface area (Å²) in [6.07, 6.45) is -0.367. The monoisotopic (exact) mass is 245 g/mol. The quantitative estimate of drug-likeness (QED) is 0.874. The molecule has 94 valence electrons. The van der Waals surface area contributed by atoms with E-state index in [1.165, 1.54) is 0 Å². The molecule has 5 nitrogen and oxygen atoms in total. The molecule has 7 heteroatoms. The largest absolute Gasteiger partial charge is 0.347 e. The van der Waals surface area contributed by atoms with Crippen LogP contribution in [-0.4, -0.2) is 22.0 Å². The van der Waals surface area contributed by atoms with E-state index in [0.29, 0.717) is 5.82 Å². The first-order valence-electron chi connectivity index (χ1n) is 5.41. The molecule has 0 spiro atoms. The number of hydrogen-bond donors (Lipinski definition) is 1. The zero-order valence-electron chi connectivity index (χ0n) is 9.37. The van der Waals surface area contributed by atoms with Gasteiger partial charge in [-0.2, -0.15) is 4.98 Å². The van der Waals surface area contributed by atoms with Crippen LogP contribution in [0.1, 0.15) is 31.0 Å². The van der Waals surface area contributed by atoms with Gasteiger partial charge in [0.05, 0.1) is 6.54 Å². The van der Waals surface area contributed by atoms with Crippen LogP contribution >= 0.6 is 0 Å². The van der Waals surface area contributed by atoms with Gasteiger partial charge in [-0.3, -0.25) is 4.79 Å². The van der Waals surface area contributed by atoms with E-state index in [0.717, 1.165) is 0 Å². The van der Waals surface area contributed by atoms with Crippen LogP contribution in [0.2, 0.25) is 0 Å². The number of rotatable bonds is 3. The minimum atomic E-state index is -2.71. The smallest absolute Gasteiger partial charge is 0.248 e. The standard InChI is InChI=1S/C10H13F2N3O2/c1-6-14-8(17-15-6)5-13-9(16)7-2-3-10(11,12)4-7/h7H,2-5H2,1H3,(H,13,16)/t7-/m0/s1. The number of amides is 1. The molecular weight excluding hydrogens is 232 g/mol. The van der Waals surface area contributed by atoms with Gasteiger partial charge in [-0.05, 0) is 13.3 Å². The number of carbonyl (C=O) groups is 1. The molecule has 1 fully saturated rings. The maximum absolute atomic E-state index is 12.9. The molecule has 1 atom stereocenters. The van der Waals surface area contributed by atoms with E-state index in [1.54, 1.807) is 6.92 Å². The molecule has 1 N–H and O–H groups in total. The molecule has 0 aromatic carbocycles. The summed E-state index contributed by atoms with van der Waals surface area (Å²) in [5.41, 5.74) is 0. The van der Waals surface area contributed by atoms with Crippen LogP contribution in [0.25, 0.3) is 0 Å². The third-order valence-electron chi connectivity index (χ3n) is 2.76. The maximum atomic E-state index is 12.9. The van der Waals surface area contributed by atoms with Crippen molar-refractivity contribution >= 4 is 5.91 Å². The van der Waals surface area contributed by atoms with Crippen molar-refractivity contribution in [2.75, 3.05) is 0 Å². The number of aryl methyl sites for hydroxylation is 1. The van der Waals surface area contributed by atoms with Crippen molar-refractivity contribution in [3.05, 3.63) is 11.7 Å². The van der Waals surface area contributed by atoms with Gasteiger partial charge in [-0.1, -0.05) is 5.16 Å². The molecule has 0 bridgehead atoms. The van der Waals surface area contributed by atoms with E-state index in [9.17, 15) is 13.6 Å². The summed E-state index contributed by atoms with van der Waals surface area (Å²) in [6, 6.07) is 0. The molecule has 0 radical (unpaired) electrons. The fourth-order valence-electron chi connectivity index (χ4n) is 1.89. The first-order chi connectivity index (χ1) is 7.96. The van der Waals surface area contributed by atoms with Crippen LogP contribution in [0.4, 0.5) is 8.78 Å². The summed E-state index contributed by atoms with van der Waals surface area (Å²) < 4.78 is 30.6. The summed E-state index contributed by atoms with van der Waals surface area (Å²) in [6.45, 7) is 1.74. The van der Waals surface area contributed by atoms with Gasteiger partial charge >= 0.3 is 0 Å². The Hall–Kier alpha value is -1.53. The number of carbonyl (C=O) groups excluding carboxylic acids is 1. The number of hydrogen-bond acceptors (Lipinski definition) is 4. The second-order valence-corrected chi connectivity index (χ2v) is 4.25. The molecule has 17 heavy (non-hydrogen) atoms. The zero-order chi connectivity index (χ0) is 12.5. The summed E-state index contributed by atoms with van der Waals surface area (Å²) in [5, 5.41) is 6.08. The molecule has 1 aromatic heterocycles. The molecule has 0 aliphatic heterocycles. The highest BCUT2D eigenvalue weighted by Crippen LogP contribution is 2.38. The van der Waals surface area contributed by atoms with Crippen molar-refractivity contribution in [1.29, 1.82) is 0 Å². The normalized spacial score (nSPS) is 22.6. The Bertz CT molecular complexity index is 419. The zero-order valence-corrected chi connectivity index (χ0v) is 9.37. The van der Waals surface area contributed by atoms with Gasteiger partial charge in [-0.25, -0.2) is 8.78 Å². The van der Waals surface area contributed by atoms with Crippen molar-refractivity contribution in [3.63, 3.8) is 0 Å². The Balaban J connectivity index is 1.82. The van der Waals surface area contributed by atoms with Crippen molar-refractivity contribution in [2.45, 2.75) is 38.7 Å². The van der Waals surface area contributed by atoms with E-state index < -0.39 is 11.8 Å². The average molecular weight is 245 g/mol. The Morgan fingerprint density at radius 1 is 1.65 bits per heavy atom. The molecule has 0 unspecified atom stereocenters. The third-order valence-corrected chi connectivity index (χ3v) is 2.76. The lowest BCUT2D eigenvalue weighted by atomic mass is 10.1. The van der Waals surface area contributed by atoms with Gasteiger partial charge < -0.3 is 9.84 Å². The van der Waals surface area contributed by atoms with Crippen LogP contribution in [-0.2, 0) is 11.3 Å². The number of alkyl halides is 2. The molecule has 1 heterocycles. The fraction of sp³-hybridized carbons (Fsp3) is 0.700. The number of nitrogens with zero attached hydrogens (tertiary/aromatic N) is 2. The third kappa shape index (κ3) is 2.98. The van der Waals surface area contributed by atoms with Gasteiger partial charge in [0, 0.05) is 18.8 Å². The number of halogens is 2. The first-order valence-corrected chi connectivity index (χ1v) is 5.41. The molecule has 1 amide bonds. The summed E-state index contributed by atoms with van der Waals surface area (Å²) in [7, 11) is 0. The number of aromatic nitrogens is 2. The Kier molecular flexibility index (Phi) is 3.08. The van der Waals surface area contributed by atoms with Gasteiger partial charge in [0.2, 0.25) is 17.7 Å². The van der Waals surface area contributed by atoms with Gasteiger partial charge in [0.25, 0.3) is 0 Å². The maximum Gasteiger partial charge on any atom is 0.248 e. The second-order valence-electron chi connectivity index (χ2n) is 4.25. The van der Waals surface area contributed by atoms with E-state index in [-0.39, 0.29) is 37.6 Å². The lowest BCUT2D eigenvalue weighted by molar-refractivity contribution is -0.126. The van der Waals surface area contributed by atoms with Gasteiger partial charge in [0.15, 0.2) is 5.82 Å². The molecule has 1 aliphatic carbocycles. The lowest BCUT2D eigenvalue weighted by Crippen LogP contribution is -2.29. The predicted octanol–water partition coefficient (Wildman–Crippen LogP) is 1.43. The predicted molar refractivity (Wildman–Crippen MR) is 53.2 cm³/mol. The summed E-state index contributed by atoms with van der Waals surface area (Å²) in [4.78, 5) is 15.5. The van der Waals surface area contributed by atoms with Crippen molar-refractivity contribution in [2.24, 2.45) is 5.92 Å². The molecule has 1 aromatic rings.